The molecule has 0 fully saturated rings. The fraction of sp³-hybridized carbons (Fsp3) is 0.889. The maximum Gasteiger partial charge on any atom is 0.474 e. The number of nitrogens with zero attached hydrogens (tertiary/aromatic N) is 1. The molecular weight excluding hydrogens is 233 g/mol. The molecule has 0 aliphatic heterocycles. The first-order valence-corrected chi connectivity index (χ1v) is 6.72. The zero-order valence-corrected chi connectivity index (χ0v) is 10.6. The summed E-state index contributed by atoms with van der Waals surface area (Å²) in [5.74, 6) is 0. The van der Waals surface area contributed by atoms with Crippen LogP contribution in [-0.4, -0.2) is 32.4 Å². The molecule has 0 radical (unpaired) electrons. The van der Waals surface area contributed by atoms with Crippen molar-refractivity contribution in [2.75, 3.05) is 26.4 Å². The van der Waals surface area contributed by atoms with E-state index >= 15 is 0 Å². The van der Waals surface area contributed by atoms with Gasteiger partial charge in [0.15, 0.2) is 0 Å². The summed E-state index contributed by atoms with van der Waals surface area (Å²) < 4.78 is 26.9. The van der Waals surface area contributed by atoms with E-state index in [9.17, 15) is 9.36 Å². The SMILES string of the molecule is CCCOP(=O)(OCCC)OCCN=C=O. The summed E-state index contributed by atoms with van der Waals surface area (Å²) in [6, 6.07) is 0. The van der Waals surface area contributed by atoms with Crippen LogP contribution >= 0.6 is 7.82 Å². The van der Waals surface area contributed by atoms with E-state index in [1.807, 2.05) is 13.8 Å². The van der Waals surface area contributed by atoms with Crippen molar-refractivity contribution in [3.63, 3.8) is 0 Å². The number of phosphoric acid groups is 1. The quantitative estimate of drug-likeness (QED) is 0.258. The van der Waals surface area contributed by atoms with Crippen LogP contribution < -0.4 is 0 Å². The third-order valence-corrected chi connectivity index (χ3v) is 2.92. The average molecular weight is 251 g/mol. The first-order valence-electron chi connectivity index (χ1n) is 5.25. The van der Waals surface area contributed by atoms with Crippen molar-refractivity contribution in [3.05, 3.63) is 0 Å². The van der Waals surface area contributed by atoms with Crippen molar-refractivity contribution in [2.24, 2.45) is 4.99 Å². The molecule has 0 amide bonds. The maximum atomic E-state index is 11.9. The number of phosphoric ester groups is 1. The standard InChI is InChI=1S/C9H18NO5P/c1-3-6-13-16(12,14-7-4-2)15-8-5-10-9-11/h3-8H2,1-2H3. The summed E-state index contributed by atoms with van der Waals surface area (Å²) >= 11 is 0. The van der Waals surface area contributed by atoms with Gasteiger partial charge in [0, 0.05) is 0 Å². The van der Waals surface area contributed by atoms with E-state index in [1.165, 1.54) is 6.08 Å². The van der Waals surface area contributed by atoms with E-state index in [0.29, 0.717) is 13.2 Å². The molecule has 0 unspecified atom stereocenters. The van der Waals surface area contributed by atoms with Gasteiger partial charge >= 0.3 is 7.82 Å². The fourth-order valence-corrected chi connectivity index (χ4v) is 2.10. The topological polar surface area (TPSA) is 74.2 Å². The molecule has 0 aliphatic rings. The highest BCUT2D eigenvalue weighted by Gasteiger charge is 2.25. The van der Waals surface area contributed by atoms with Crippen LogP contribution in [0.3, 0.4) is 0 Å². The Bertz CT molecular complexity index is 253. The summed E-state index contributed by atoms with van der Waals surface area (Å²) in [5, 5.41) is 0. The molecule has 0 aliphatic carbocycles. The van der Waals surface area contributed by atoms with Gasteiger partial charge in [0.05, 0.1) is 26.4 Å². The molecule has 0 rings (SSSR count). The number of isocyanates is 1. The monoisotopic (exact) mass is 251 g/mol. The summed E-state index contributed by atoms with van der Waals surface area (Å²) in [6.07, 6.45) is 2.80. The Hall–Kier alpha value is -0.510. The van der Waals surface area contributed by atoms with Crippen LogP contribution in [0, 0.1) is 0 Å². The van der Waals surface area contributed by atoms with E-state index < -0.39 is 7.82 Å². The van der Waals surface area contributed by atoms with Crippen molar-refractivity contribution < 1.29 is 22.9 Å². The van der Waals surface area contributed by atoms with Gasteiger partial charge < -0.3 is 0 Å². The summed E-state index contributed by atoms with van der Waals surface area (Å²) in [7, 11) is -3.48. The molecule has 0 saturated heterocycles. The molecule has 0 bridgehead atoms. The van der Waals surface area contributed by atoms with E-state index in [0.717, 1.165) is 12.8 Å². The van der Waals surface area contributed by atoms with Gasteiger partial charge in [0.25, 0.3) is 0 Å². The second-order valence-electron chi connectivity index (χ2n) is 2.92. The van der Waals surface area contributed by atoms with Gasteiger partial charge in [-0.25, -0.2) is 14.4 Å². The molecule has 0 heterocycles. The Morgan fingerprint density at radius 3 is 2.00 bits per heavy atom. The average Bonchev–Trinajstić information content (AvgIpc) is 2.30. The third kappa shape index (κ3) is 7.74. The molecule has 16 heavy (non-hydrogen) atoms. The highest BCUT2D eigenvalue weighted by molar-refractivity contribution is 7.48. The zero-order valence-electron chi connectivity index (χ0n) is 9.68. The van der Waals surface area contributed by atoms with Crippen LogP contribution in [0.5, 0.6) is 0 Å². The van der Waals surface area contributed by atoms with E-state index in [-0.39, 0.29) is 13.2 Å². The Morgan fingerprint density at radius 2 is 1.56 bits per heavy atom. The van der Waals surface area contributed by atoms with Crippen LogP contribution in [0.4, 0.5) is 0 Å². The summed E-state index contributed by atoms with van der Waals surface area (Å²) in [6.45, 7) is 4.50. The number of aliphatic imine (C=N–C) groups is 1. The lowest BCUT2D eigenvalue weighted by Crippen LogP contribution is -2.04. The highest BCUT2D eigenvalue weighted by atomic mass is 31.2. The molecular formula is C9H18NO5P. The van der Waals surface area contributed by atoms with E-state index in [1.54, 1.807) is 0 Å². The Kier molecular flexibility index (Phi) is 9.39. The van der Waals surface area contributed by atoms with Crippen molar-refractivity contribution >= 4 is 13.9 Å². The molecule has 94 valence electrons. The molecule has 0 aromatic rings. The molecule has 0 atom stereocenters. The lowest BCUT2D eigenvalue weighted by Gasteiger charge is -2.16. The van der Waals surface area contributed by atoms with Crippen LogP contribution in [0.2, 0.25) is 0 Å². The second-order valence-corrected chi connectivity index (χ2v) is 4.59. The van der Waals surface area contributed by atoms with Gasteiger partial charge in [0.1, 0.15) is 0 Å². The molecule has 0 spiro atoms. The van der Waals surface area contributed by atoms with E-state index in [2.05, 4.69) is 4.99 Å². The van der Waals surface area contributed by atoms with Crippen LogP contribution in [-0.2, 0) is 22.9 Å². The summed E-state index contributed by atoms with van der Waals surface area (Å²) in [5.41, 5.74) is 0. The lowest BCUT2D eigenvalue weighted by atomic mass is 10.5. The Balaban J connectivity index is 4.06. The highest BCUT2D eigenvalue weighted by Crippen LogP contribution is 2.49. The normalized spacial score (nSPS) is 11.1. The van der Waals surface area contributed by atoms with Crippen LogP contribution in [0.1, 0.15) is 26.7 Å². The molecule has 0 aromatic carbocycles. The molecule has 7 heteroatoms. The van der Waals surface area contributed by atoms with Gasteiger partial charge in [-0.15, -0.1) is 0 Å². The first kappa shape index (κ1) is 15.5. The van der Waals surface area contributed by atoms with Crippen molar-refractivity contribution in [1.29, 1.82) is 0 Å². The van der Waals surface area contributed by atoms with Gasteiger partial charge in [-0.3, -0.25) is 13.6 Å². The van der Waals surface area contributed by atoms with Gasteiger partial charge in [0.2, 0.25) is 6.08 Å². The van der Waals surface area contributed by atoms with Crippen molar-refractivity contribution in [2.45, 2.75) is 26.7 Å². The number of carbonyl (C=O) groups excluding carboxylic acids is 1. The predicted octanol–water partition coefficient (Wildman–Crippen LogP) is 2.30. The summed E-state index contributed by atoms with van der Waals surface area (Å²) in [4.78, 5) is 13.1. The number of hydrogen-bond donors (Lipinski definition) is 0. The maximum absolute atomic E-state index is 11.9. The van der Waals surface area contributed by atoms with Crippen LogP contribution in [0.25, 0.3) is 0 Å². The minimum absolute atomic E-state index is 0.0138. The van der Waals surface area contributed by atoms with Gasteiger partial charge in [-0.05, 0) is 12.8 Å². The Morgan fingerprint density at radius 1 is 1.06 bits per heavy atom. The zero-order chi connectivity index (χ0) is 12.3. The lowest BCUT2D eigenvalue weighted by molar-refractivity contribution is 0.115. The van der Waals surface area contributed by atoms with E-state index in [4.69, 9.17) is 13.6 Å². The number of rotatable bonds is 10. The third-order valence-electron chi connectivity index (χ3n) is 1.42. The van der Waals surface area contributed by atoms with Crippen LogP contribution in [0.15, 0.2) is 4.99 Å². The first-order chi connectivity index (χ1) is 7.68. The smallest absolute Gasteiger partial charge is 0.287 e. The fourth-order valence-electron chi connectivity index (χ4n) is 0.762. The second kappa shape index (κ2) is 9.70. The minimum atomic E-state index is -3.48. The van der Waals surface area contributed by atoms with Gasteiger partial charge in [-0.2, -0.15) is 0 Å². The Labute approximate surface area is 95.6 Å². The molecule has 6 nitrogen and oxygen atoms in total. The predicted molar refractivity (Wildman–Crippen MR) is 59.0 cm³/mol. The van der Waals surface area contributed by atoms with Gasteiger partial charge in [-0.1, -0.05) is 13.8 Å². The van der Waals surface area contributed by atoms with Crippen molar-refractivity contribution in [3.8, 4) is 0 Å². The number of hydrogen-bond acceptors (Lipinski definition) is 6. The molecule has 0 N–H and O–H groups in total. The van der Waals surface area contributed by atoms with Crippen molar-refractivity contribution in [1.82, 2.24) is 0 Å². The molecule has 0 saturated carbocycles. The largest absolute Gasteiger partial charge is 0.474 e. The minimum Gasteiger partial charge on any atom is -0.287 e. The molecule has 0 aromatic heterocycles.